The number of halogens is 5. The summed E-state index contributed by atoms with van der Waals surface area (Å²) in [6.45, 7) is -1.78. The molecular formula is C8H4ClF4NO3. The molecule has 1 heterocycles. The topological polar surface area (TPSA) is 59.4 Å². The van der Waals surface area contributed by atoms with Gasteiger partial charge in [-0.3, -0.25) is 0 Å². The molecule has 0 radical (unpaired) electrons. The van der Waals surface area contributed by atoms with Crippen LogP contribution in [0.3, 0.4) is 0 Å². The van der Waals surface area contributed by atoms with E-state index in [0.717, 1.165) is 0 Å². The van der Waals surface area contributed by atoms with Crippen LogP contribution in [0.1, 0.15) is 10.4 Å². The average Bonchev–Trinajstić information content (AvgIpc) is 2.14. The zero-order valence-corrected chi connectivity index (χ0v) is 8.64. The Hall–Kier alpha value is -1.57. The van der Waals surface area contributed by atoms with Gasteiger partial charge in [0.15, 0.2) is 6.61 Å². The van der Waals surface area contributed by atoms with Gasteiger partial charge in [-0.25, -0.2) is 9.78 Å². The second-order valence-corrected chi connectivity index (χ2v) is 3.22. The van der Waals surface area contributed by atoms with Gasteiger partial charge >= 0.3 is 12.1 Å². The van der Waals surface area contributed by atoms with Crippen molar-refractivity contribution in [2.45, 2.75) is 6.18 Å². The molecule has 0 aromatic carbocycles. The molecule has 1 N–H and O–H groups in total. The van der Waals surface area contributed by atoms with E-state index >= 15 is 0 Å². The first-order chi connectivity index (χ1) is 7.72. The number of carboxylic acid groups (broad SMARTS) is 1. The molecule has 0 bridgehead atoms. The summed E-state index contributed by atoms with van der Waals surface area (Å²) in [6.07, 6.45) is -3.99. The Morgan fingerprint density at radius 1 is 1.53 bits per heavy atom. The first-order valence-electron chi connectivity index (χ1n) is 3.99. The van der Waals surface area contributed by atoms with E-state index in [9.17, 15) is 22.4 Å². The van der Waals surface area contributed by atoms with Gasteiger partial charge in [0.2, 0.25) is 5.82 Å². The van der Waals surface area contributed by atoms with Gasteiger partial charge in [0.05, 0.1) is 11.2 Å². The fourth-order valence-corrected chi connectivity index (χ4v) is 1.11. The van der Waals surface area contributed by atoms with Crippen molar-refractivity contribution < 1.29 is 32.2 Å². The van der Waals surface area contributed by atoms with Crippen LogP contribution in [0.25, 0.3) is 0 Å². The Morgan fingerprint density at radius 2 is 2.12 bits per heavy atom. The number of rotatable bonds is 3. The van der Waals surface area contributed by atoms with Crippen LogP contribution >= 0.6 is 11.6 Å². The predicted molar refractivity (Wildman–Crippen MR) is 47.7 cm³/mol. The molecular weight excluding hydrogens is 270 g/mol. The third-order valence-electron chi connectivity index (χ3n) is 1.53. The van der Waals surface area contributed by atoms with E-state index in [0.29, 0.717) is 6.20 Å². The maximum absolute atomic E-state index is 13.3. The number of pyridine rings is 1. The van der Waals surface area contributed by atoms with Gasteiger partial charge in [-0.2, -0.15) is 17.6 Å². The lowest BCUT2D eigenvalue weighted by molar-refractivity contribution is -0.154. The van der Waals surface area contributed by atoms with Crippen LogP contribution in [0.4, 0.5) is 17.6 Å². The Bertz CT molecular complexity index is 449. The number of hydrogen-bond acceptors (Lipinski definition) is 3. The van der Waals surface area contributed by atoms with Crippen molar-refractivity contribution in [2.24, 2.45) is 0 Å². The molecule has 94 valence electrons. The fraction of sp³-hybridized carbons (Fsp3) is 0.250. The largest absolute Gasteiger partial charge is 0.478 e. The Balaban J connectivity index is 3.03. The smallest absolute Gasteiger partial charge is 0.422 e. The van der Waals surface area contributed by atoms with E-state index in [4.69, 9.17) is 16.7 Å². The van der Waals surface area contributed by atoms with Crippen LogP contribution in [0, 0.1) is 5.82 Å². The Morgan fingerprint density at radius 3 is 2.59 bits per heavy atom. The molecule has 1 rings (SSSR count). The van der Waals surface area contributed by atoms with E-state index < -0.39 is 41.0 Å². The van der Waals surface area contributed by atoms with E-state index in [2.05, 4.69) is 9.72 Å². The van der Waals surface area contributed by atoms with Gasteiger partial charge in [0, 0.05) is 0 Å². The molecule has 17 heavy (non-hydrogen) atoms. The lowest BCUT2D eigenvalue weighted by Crippen LogP contribution is -2.20. The molecule has 9 heteroatoms. The lowest BCUT2D eigenvalue weighted by Gasteiger charge is -2.10. The Labute approximate surface area is 96.8 Å². The third kappa shape index (κ3) is 3.45. The van der Waals surface area contributed by atoms with E-state index in [1.807, 2.05) is 0 Å². The van der Waals surface area contributed by atoms with Crippen molar-refractivity contribution in [3.8, 4) is 5.88 Å². The highest BCUT2D eigenvalue weighted by atomic mass is 35.5. The number of carbonyl (C=O) groups is 1. The maximum Gasteiger partial charge on any atom is 0.422 e. The molecule has 0 atom stereocenters. The van der Waals surface area contributed by atoms with Crippen LogP contribution in [-0.2, 0) is 0 Å². The summed E-state index contributed by atoms with van der Waals surface area (Å²) < 4.78 is 52.7. The monoisotopic (exact) mass is 273 g/mol. The van der Waals surface area contributed by atoms with Crippen molar-refractivity contribution in [2.75, 3.05) is 6.61 Å². The van der Waals surface area contributed by atoms with Gasteiger partial charge in [-0.15, -0.1) is 0 Å². The van der Waals surface area contributed by atoms with Gasteiger partial charge in [-0.05, 0) is 0 Å². The number of ether oxygens (including phenoxy) is 1. The molecule has 0 spiro atoms. The molecule has 1 aromatic heterocycles. The molecule has 0 aliphatic heterocycles. The first kappa shape index (κ1) is 13.5. The minimum absolute atomic E-state index is 0.533. The molecule has 1 aromatic rings. The van der Waals surface area contributed by atoms with Crippen LogP contribution in [0.2, 0.25) is 5.02 Å². The predicted octanol–water partition coefficient (Wildman–Crippen LogP) is 2.51. The number of aromatic nitrogens is 1. The van der Waals surface area contributed by atoms with Crippen LogP contribution < -0.4 is 4.74 Å². The molecule has 4 nitrogen and oxygen atoms in total. The maximum atomic E-state index is 13.3. The number of nitrogens with zero attached hydrogens (tertiary/aromatic N) is 1. The minimum atomic E-state index is -4.68. The summed E-state index contributed by atoms with van der Waals surface area (Å²) in [6, 6.07) is 0. The van der Waals surface area contributed by atoms with Crippen molar-refractivity contribution in [3.05, 3.63) is 22.6 Å². The van der Waals surface area contributed by atoms with Crippen LogP contribution in [-0.4, -0.2) is 28.8 Å². The summed E-state index contributed by atoms with van der Waals surface area (Å²) >= 11 is 5.33. The summed E-state index contributed by atoms with van der Waals surface area (Å²) in [4.78, 5) is 13.7. The molecule has 0 unspecified atom stereocenters. The molecule has 0 saturated heterocycles. The lowest BCUT2D eigenvalue weighted by atomic mass is 10.2. The number of alkyl halides is 3. The minimum Gasteiger partial charge on any atom is -0.478 e. The quantitative estimate of drug-likeness (QED) is 0.860. The first-order valence-corrected chi connectivity index (χ1v) is 4.37. The summed E-state index contributed by atoms with van der Waals surface area (Å²) in [7, 11) is 0. The van der Waals surface area contributed by atoms with E-state index in [1.54, 1.807) is 0 Å². The van der Waals surface area contributed by atoms with Crippen molar-refractivity contribution >= 4 is 17.6 Å². The van der Waals surface area contributed by atoms with Crippen LogP contribution in [0.15, 0.2) is 6.20 Å². The third-order valence-corrected chi connectivity index (χ3v) is 1.81. The fourth-order valence-electron chi connectivity index (χ4n) is 0.895. The average molecular weight is 274 g/mol. The SMILES string of the molecule is O=C(O)c1c(Cl)cnc(OCC(F)(F)F)c1F. The molecule has 0 amide bonds. The summed E-state index contributed by atoms with van der Waals surface area (Å²) in [5.41, 5.74) is -0.987. The van der Waals surface area contributed by atoms with Crippen molar-refractivity contribution in [1.29, 1.82) is 0 Å². The normalized spacial score (nSPS) is 11.4. The molecule has 0 fully saturated rings. The van der Waals surface area contributed by atoms with Gasteiger partial charge < -0.3 is 9.84 Å². The molecule has 0 aliphatic rings. The second kappa shape index (κ2) is 4.74. The zero-order chi connectivity index (χ0) is 13.2. The zero-order valence-electron chi connectivity index (χ0n) is 7.89. The van der Waals surface area contributed by atoms with Gasteiger partial charge in [-0.1, -0.05) is 11.6 Å². The van der Waals surface area contributed by atoms with E-state index in [-0.39, 0.29) is 0 Å². The van der Waals surface area contributed by atoms with Crippen molar-refractivity contribution in [1.82, 2.24) is 4.98 Å². The van der Waals surface area contributed by atoms with Crippen molar-refractivity contribution in [3.63, 3.8) is 0 Å². The molecule has 0 saturated carbocycles. The highest BCUT2D eigenvalue weighted by Gasteiger charge is 2.30. The summed E-state index contributed by atoms with van der Waals surface area (Å²) in [5, 5.41) is 8.04. The van der Waals surface area contributed by atoms with Gasteiger partial charge in [0.25, 0.3) is 5.88 Å². The highest BCUT2D eigenvalue weighted by Crippen LogP contribution is 2.26. The number of carboxylic acids is 1. The number of aromatic carboxylic acids is 1. The summed E-state index contributed by atoms with van der Waals surface area (Å²) in [5.74, 6) is -4.34. The second-order valence-electron chi connectivity index (χ2n) is 2.81. The van der Waals surface area contributed by atoms with E-state index in [1.165, 1.54) is 0 Å². The number of hydrogen-bond donors (Lipinski definition) is 1. The standard InChI is InChI=1S/C8H4ClF4NO3/c9-3-1-14-6(17-2-8(11,12)13)5(10)4(3)7(15)16/h1H,2H2,(H,15,16). The molecule has 0 aliphatic carbocycles. The Kier molecular flexibility index (Phi) is 3.76. The van der Waals surface area contributed by atoms with Crippen LogP contribution in [0.5, 0.6) is 5.88 Å². The highest BCUT2D eigenvalue weighted by molar-refractivity contribution is 6.33. The van der Waals surface area contributed by atoms with Gasteiger partial charge in [0.1, 0.15) is 5.56 Å².